The highest BCUT2D eigenvalue weighted by Crippen LogP contribution is 2.19. The molecule has 0 aliphatic rings. The van der Waals surface area contributed by atoms with Gasteiger partial charge >= 0.3 is 11.9 Å². The molecule has 0 saturated heterocycles. The second kappa shape index (κ2) is 6.83. The van der Waals surface area contributed by atoms with E-state index in [1.165, 1.54) is 0 Å². The van der Waals surface area contributed by atoms with Gasteiger partial charge in [0, 0.05) is 28.6 Å². The average molecular weight is 309 g/mol. The van der Waals surface area contributed by atoms with Gasteiger partial charge < -0.3 is 9.47 Å². The Morgan fingerprint density at radius 2 is 1.52 bits per heavy atom. The second-order valence-electron chi connectivity index (χ2n) is 3.46. The summed E-state index contributed by atoms with van der Waals surface area (Å²) in [7, 11) is 0. The molecule has 1 aromatic carbocycles. The Hall–Kier alpha value is -2.44. The molecule has 114 valence electrons. The van der Waals surface area contributed by atoms with Crippen molar-refractivity contribution in [2.45, 2.75) is 39.6 Å². The molecule has 0 atom stereocenters. The third-order valence-electron chi connectivity index (χ3n) is 1.99. The number of carbonyl (C=O) groups excluding carboxylic acids is 2. The Bertz CT molecular complexity index is 910. The monoisotopic (exact) mass is 309 g/mol. The minimum Gasteiger partial charge on any atom is -0.459 e. The summed E-state index contributed by atoms with van der Waals surface area (Å²) in [6.07, 6.45) is -7.66. The van der Waals surface area contributed by atoms with E-state index in [9.17, 15) is 19.7 Å². The summed E-state index contributed by atoms with van der Waals surface area (Å²) in [5.41, 5.74) is -3.13. The van der Waals surface area contributed by atoms with E-state index in [0.29, 0.717) is 18.2 Å². The fourth-order valence-corrected chi connectivity index (χ4v) is 1.26. The van der Waals surface area contributed by atoms with Crippen molar-refractivity contribution in [1.29, 1.82) is 0 Å². The first-order valence-electron chi connectivity index (χ1n) is 12.0. The molecule has 0 saturated carbocycles. The van der Waals surface area contributed by atoms with Gasteiger partial charge in [-0.2, -0.15) is 0 Å². The largest absolute Gasteiger partial charge is 0.459 e. The van der Waals surface area contributed by atoms with Gasteiger partial charge in [-0.1, -0.05) is 0 Å². The maximum atomic E-state index is 12.5. The third kappa shape index (κ3) is 4.87. The van der Waals surface area contributed by atoms with Crippen LogP contribution in [0.1, 0.15) is 67.3 Å². The van der Waals surface area contributed by atoms with E-state index in [2.05, 4.69) is 9.47 Å². The summed E-state index contributed by atoms with van der Waals surface area (Å²) in [4.78, 5) is 35.0. The van der Waals surface area contributed by atoms with E-state index < -0.39 is 73.2 Å². The van der Waals surface area contributed by atoms with E-state index in [4.69, 9.17) is 19.2 Å². The van der Waals surface area contributed by atoms with Gasteiger partial charge in [0.1, 0.15) is 0 Å². The minimum atomic E-state index is -3.83. The van der Waals surface area contributed by atoms with Crippen molar-refractivity contribution >= 4 is 17.6 Å². The standard InChI is InChI=1S/C14H17NO6/c1-8(2)20-13(16)10-5-11(14(17)21-9(3)4)7-12(6-10)15(18)19/h5-9H,1-4H3/i1D3,2D3,3D3,4D3,8D,9D. The molecule has 0 spiro atoms. The van der Waals surface area contributed by atoms with Gasteiger partial charge in [-0.3, -0.25) is 10.1 Å². The molecule has 0 amide bonds. The van der Waals surface area contributed by atoms with Gasteiger partial charge in [0.25, 0.3) is 5.69 Å². The topological polar surface area (TPSA) is 95.7 Å². The normalized spacial score (nSPS) is 23.8. The van der Waals surface area contributed by atoms with Gasteiger partial charge in [-0.15, -0.1) is 0 Å². The highest BCUT2D eigenvalue weighted by Gasteiger charge is 2.20. The molecule has 0 aliphatic carbocycles. The number of nitro groups is 1. The number of esters is 2. The van der Waals surface area contributed by atoms with Crippen LogP contribution in [0.15, 0.2) is 18.2 Å². The fraction of sp³-hybridized carbons (Fsp3) is 0.429. The zero-order chi connectivity index (χ0) is 28.0. The lowest BCUT2D eigenvalue weighted by molar-refractivity contribution is -0.384. The molecule has 0 aromatic heterocycles. The van der Waals surface area contributed by atoms with Crippen molar-refractivity contribution < 1.29 is 43.2 Å². The van der Waals surface area contributed by atoms with Gasteiger partial charge in [-0.05, 0) is 33.5 Å². The van der Waals surface area contributed by atoms with Crippen molar-refractivity contribution in [2.75, 3.05) is 0 Å². The van der Waals surface area contributed by atoms with Crippen LogP contribution in [0.5, 0.6) is 0 Å². The maximum absolute atomic E-state index is 12.5. The number of nitro benzene ring substituents is 1. The summed E-state index contributed by atoms with van der Waals surface area (Å²) in [6.45, 7) is -14.9. The molecule has 0 radical (unpaired) electrons. The quantitative estimate of drug-likeness (QED) is 0.471. The molecule has 1 rings (SSSR count). The number of benzene rings is 1. The zero-order valence-corrected chi connectivity index (χ0v) is 10.1. The van der Waals surface area contributed by atoms with E-state index in [-0.39, 0.29) is 0 Å². The SMILES string of the molecule is [2H]C([2H])([2H])C([2H])(OC(=O)c1cc(C(=O)OC([2H])(C([2H])([2H])[2H])C([2H])([2H])[2H])cc([N+](=O)[O-])c1)C([2H])([2H])[2H]. The first-order chi connectivity index (χ1) is 15.3. The molecule has 7 nitrogen and oxygen atoms in total. The van der Waals surface area contributed by atoms with Crippen LogP contribution in [0.25, 0.3) is 0 Å². The Morgan fingerprint density at radius 1 is 1.10 bits per heavy atom. The van der Waals surface area contributed by atoms with E-state index in [1.54, 1.807) is 0 Å². The molecule has 0 bridgehead atoms. The van der Waals surface area contributed by atoms with E-state index >= 15 is 0 Å². The highest BCUT2D eigenvalue weighted by atomic mass is 16.6. The first-order valence-corrected chi connectivity index (χ1v) is 5.05. The summed E-state index contributed by atoms with van der Waals surface area (Å²) < 4.78 is 111. The zero-order valence-electron chi connectivity index (χ0n) is 24.1. The molecule has 0 heterocycles. The number of hydrogen-bond donors (Lipinski definition) is 0. The number of ether oxygens (including phenoxy) is 2. The predicted octanol–water partition coefficient (Wildman–Crippen LogP) is 2.73. The van der Waals surface area contributed by atoms with Crippen LogP contribution in [0, 0.1) is 10.1 Å². The van der Waals surface area contributed by atoms with Crippen molar-refractivity contribution in [3.8, 4) is 0 Å². The Balaban J connectivity index is 3.59. The van der Waals surface area contributed by atoms with E-state index in [1.807, 2.05) is 0 Å². The third-order valence-corrected chi connectivity index (χ3v) is 1.99. The van der Waals surface area contributed by atoms with Crippen molar-refractivity contribution in [3.63, 3.8) is 0 Å². The summed E-state index contributed by atoms with van der Waals surface area (Å²) in [6, 6.07) is 1.25. The summed E-state index contributed by atoms with van der Waals surface area (Å²) in [5.74, 6) is -3.82. The van der Waals surface area contributed by atoms with Crippen LogP contribution in [-0.4, -0.2) is 29.0 Å². The Morgan fingerprint density at radius 3 is 1.86 bits per heavy atom. The fourth-order valence-electron chi connectivity index (χ4n) is 1.26. The predicted molar refractivity (Wildman–Crippen MR) is 74.2 cm³/mol. The number of rotatable bonds is 5. The number of non-ortho nitro benzene ring substituents is 1. The van der Waals surface area contributed by atoms with Crippen molar-refractivity contribution in [2.24, 2.45) is 0 Å². The van der Waals surface area contributed by atoms with Gasteiger partial charge in [0.15, 0.2) is 0 Å². The Labute approximate surface area is 141 Å². The molecule has 21 heavy (non-hydrogen) atoms. The number of carbonyl (C=O) groups is 2. The second-order valence-corrected chi connectivity index (χ2v) is 3.46. The molecule has 7 heteroatoms. The van der Waals surface area contributed by atoms with Crippen molar-refractivity contribution in [3.05, 3.63) is 39.4 Å². The lowest BCUT2D eigenvalue weighted by atomic mass is 10.1. The highest BCUT2D eigenvalue weighted by molar-refractivity contribution is 5.96. The first kappa shape index (κ1) is 5.40. The molecule has 1 aromatic rings. The van der Waals surface area contributed by atoms with Gasteiger partial charge in [0.05, 0.1) is 31.0 Å². The van der Waals surface area contributed by atoms with Crippen LogP contribution in [-0.2, 0) is 9.47 Å². The number of hydrogen-bond acceptors (Lipinski definition) is 6. The van der Waals surface area contributed by atoms with Crippen LogP contribution in [0.4, 0.5) is 5.69 Å². The molecule has 0 aliphatic heterocycles. The minimum absolute atomic E-state index is 0.413. The summed E-state index contributed by atoms with van der Waals surface area (Å²) in [5, 5.41) is 11.2. The summed E-state index contributed by atoms with van der Waals surface area (Å²) >= 11 is 0. The lowest BCUT2D eigenvalue weighted by Gasteiger charge is -2.10. The smallest absolute Gasteiger partial charge is 0.338 e. The number of nitrogens with zero attached hydrogens (tertiary/aromatic N) is 1. The van der Waals surface area contributed by atoms with Gasteiger partial charge in [0.2, 0.25) is 0 Å². The molecular weight excluding hydrogens is 278 g/mol. The average Bonchev–Trinajstić information content (AvgIpc) is 2.63. The maximum Gasteiger partial charge on any atom is 0.338 e. The van der Waals surface area contributed by atoms with Crippen LogP contribution in [0.2, 0.25) is 0 Å². The molecule has 0 N–H and O–H groups in total. The van der Waals surface area contributed by atoms with Gasteiger partial charge in [-0.25, -0.2) is 9.59 Å². The van der Waals surface area contributed by atoms with Crippen LogP contribution >= 0.6 is 0 Å². The molecule has 0 fully saturated rings. The molecule has 0 unspecified atom stereocenters. The lowest BCUT2D eigenvalue weighted by Crippen LogP contribution is -2.15. The van der Waals surface area contributed by atoms with Crippen molar-refractivity contribution in [1.82, 2.24) is 0 Å². The van der Waals surface area contributed by atoms with Crippen LogP contribution in [0.3, 0.4) is 0 Å². The molecular formula is C14H17NO6. The van der Waals surface area contributed by atoms with Crippen LogP contribution < -0.4 is 0 Å². The Kier molecular flexibility index (Phi) is 1.75. The van der Waals surface area contributed by atoms with E-state index in [0.717, 1.165) is 0 Å².